The van der Waals surface area contributed by atoms with Crippen LogP contribution in [0.15, 0.2) is 36.4 Å². The molecule has 1 N–H and O–H groups in total. The summed E-state index contributed by atoms with van der Waals surface area (Å²) in [6, 6.07) is 12.5. The number of hydrogen-bond donors (Lipinski definition) is 1. The minimum absolute atomic E-state index is 0.153. The van der Waals surface area contributed by atoms with E-state index in [1.54, 1.807) is 0 Å². The third-order valence-corrected chi connectivity index (χ3v) is 4.27. The van der Waals surface area contributed by atoms with Crippen molar-refractivity contribution in [1.29, 1.82) is 0 Å². The standard InChI is InChI=1S/C17H24N2O/c1-4-15-11-16(19(3)18-15)12-17(5-2,13-20)14-9-7-6-8-10-14/h6-11,20H,4-5,12-13H2,1-3H3. The molecule has 0 saturated heterocycles. The number of nitrogens with zero attached hydrogens (tertiary/aromatic N) is 2. The molecule has 0 aliphatic carbocycles. The quantitative estimate of drug-likeness (QED) is 0.878. The first-order valence-corrected chi connectivity index (χ1v) is 7.33. The normalized spacial score (nSPS) is 14.2. The molecule has 0 spiro atoms. The fourth-order valence-corrected chi connectivity index (χ4v) is 2.74. The van der Waals surface area contributed by atoms with Crippen molar-refractivity contribution in [2.24, 2.45) is 7.05 Å². The number of aromatic nitrogens is 2. The Bertz CT molecular complexity index is 541. The van der Waals surface area contributed by atoms with Crippen molar-refractivity contribution in [3.8, 4) is 0 Å². The van der Waals surface area contributed by atoms with Crippen molar-refractivity contribution in [2.75, 3.05) is 6.61 Å². The number of aryl methyl sites for hydroxylation is 2. The number of aliphatic hydroxyl groups excluding tert-OH is 1. The highest BCUT2D eigenvalue weighted by molar-refractivity contribution is 5.28. The molecule has 2 rings (SSSR count). The first kappa shape index (κ1) is 14.8. The van der Waals surface area contributed by atoms with Crippen LogP contribution in [0.3, 0.4) is 0 Å². The largest absolute Gasteiger partial charge is 0.395 e. The molecule has 1 unspecified atom stereocenters. The Morgan fingerprint density at radius 3 is 2.40 bits per heavy atom. The Kier molecular flexibility index (Phi) is 4.61. The first-order valence-electron chi connectivity index (χ1n) is 7.33. The van der Waals surface area contributed by atoms with Gasteiger partial charge < -0.3 is 5.11 Å². The van der Waals surface area contributed by atoms with Gasteiger partial charge in [0.05, 0.1) is 12.3 Å². The van der Waals surface area contributed by atoms with Gasteiger partial charge in [-0.15, -0.1) is 0 Å². The van der Waals surface area contributed by atoms with E-state index in [4.69, 9.17) is 0 Å². The van der Waals surface area contributed by atoms with Crippen LogP contribution in [0.2, 0.25) is 0 Å². The van der Waals surface area contributed by atoms with Gasteiger partial charge in [0, 0.05) is 24.6 Å². The van der Waals surface area contributed by atoms with Crippen molar-refractivity contribution < 1.29 is 5.11 Å². The molecule has 3 nitrogen and oxygen atoms in total. The van der Waals surface area contributed by atoms with Crippen LogP contribution < -0.4 is 0 Å². The van der Waals surface area contributed by atoms with E-state index in [9.17, 15) is 5.11 Å². The molecule has 1 atom stereocenters. The van der Waals surface area contributed by atoms with Gasteiger partial charge >= 0.3 is 0 Å². The minimum Gasteiger partial charge on any atom is -0.395 e. The van der Waals surface area contributed by atoms with Crippen LogP contribution >= 0.6 is 0 Å². The molecule has 1 heterocycles. The second kappa shape index (κ2) is 6.23. The fraction of sp³-hybridized carbons (Fsp3) is 0.471. The second-order valence-electron chi connectivity index (χ2n) is 5.44. The van der Waals surface area contributed by atoms with E-state index in [0.29, 0.717) is 0 Å². The van der Waals surface area contributed by atoms with Gasteiger partial charge in [0.2, 0.25) is 0 Å². The van der Waals surface area contributed by atoms with E-state index in [1.807, 2.05) is 29.9 Å². The van der Waals surface area contributed by atoms with Gasteiger partial charge in [-0.1, -0.05) is 44.2 Å². The smallest absolute Gasteiger partial charge is 0.0624 e. The molecule has 108 valence electrons. The average molecular weight is 272 g/mol. The van der Waals surface area contributed by atoms with E-state index >= 15 is 0 Å². The van der Waals surface area contributed by atoms with Gasteiger partial charge in [-0.25, -0.2) is 0 Å². The molecule has 3 heteroatoms. The molecule has 0 aliphatic rings. The summed E-state index contributed by atoms with van der Waals surface area (Å²) < 4.78 is 1.95. The molecular formula is C17H24N2O. The van der Waals surface area contributed by atoms with Crippen LogP contribution in [0.5, 0.6) is 0 Å². The van der Waals surface area contributed by atoms with Crippen LogP contribution in [0, 0.1) is 0 Å². The Morgan fingerprint density at radius 2 is 1.90 bits per heavy atom. The molecular weight excluding hydrogens is 248 g/mol. The molecule has 0 fully saturated rings. The number of aliphatic hydroxyl groups is 1. The molecule has 0 radical (unpaired) electrons. The first-order chi connectivity index (χ1) is 9.65. The highest BCUT2D eigenvalue weighted by Gasteiger charge is 2.31. The van der Waals surface area contributed by atoms with Crippen molar-refractivity contribution in [3.05, 3.63) is 53.3 Å². The molecule has 1 aromatic heterocycles. The summed E-state index contributed by atoms with van der Waals surface area (Å²) in [7, 11) is 1.98. The predicted octanol–water partition coefficient (Wildman–Crippen LogP) is 2.87. The second-order valence-corrected chi connectivity index (χ2v) is 5.44. The third-order valence-electron chi connectivity index (χ3n) is 4.27. The zero-order valence-electron chi connectivity index (χ0n) is 12.6. The maximum absolute atomic E-state index is 10.0. The van der Waals surface area contributed by atoms with Crippen LogP contribution in [0.4, 0.5) is 0 Å². The highest BCUT2D eigenvalue weighted by atomic mass is 16.3. The minimum atomic E-state index is -0.222. The topological polar surface area (TPSA) is 38.0 Å². The lowest BCUT2D eigenvalue weighted by Gasteiger charge is -2.31. The van der Waals surface area contributed by atoms with E-state index in [1.165, 1.54) is 11.3 Å². The van der Waals surface area contributed by atoms with Crippen LogP contribution in [0.1, 0.15) is 37.2 Å². The summed E-state index contributed by atoms with van der Waals surface area (Å²) in [4.78, 5) is 0. The van der Waals surface area contributed by atoms with Gasteiger partial charge in [-0.05, 0) is 24.5 Å². The zero-order chi connectivity index (χ0) is 14.6. The van der Waals surface area contributed by atoms with E-state index in [2.05, 4.69) is 37.1 Å². The van der Waals surface area contributed by atoms with Crippen LogP contribution in [0.25, 0.3) is 0 Å². The highest BCUT2D eigenvalue weighted by Crippen LogP contribution is 2.31. The SMILES string of the molecule is CCc1cc(CC(CC)(CO)c2ccccc2)n(C)n1. The fourth-order valence-electron chi connectivity index (χ4n) is 2.74. The predicted molar refractivity (Wildman–Crippen MR) is 81.8 cm³/mol. The lowest BCUT2D eigenvalue weighted by Crippen LogP contribution is -2.33. The molecule has 0 saturated carbocycles. The van der Waals surface area contributed by atoms with Crippen molar-refractivity contribution in [2.45, 2.75) is 38.5 Å². The number of rotatable bonds is 6. The Morgan fingerprint density at radius 1 is 1.20 bits per heavy atom. The van der Waals surface area contributed by atoms with Crippen LogP contribution in [-0.4, -0.2) is 21.5 Å². The maximum atomic E-state index is 10.0. The third kappa shape index (κ3) is 2.78. The Balaban J connectivity index is 2.36. The van der Waals surface area contributed by atoms with E-state index < -0.39 is 0 Å². The Labute approximate surface area is 121 Å². The van der Waals surface area contributed by atoms with Gasteiger partial charge in [0.25, 0.3) is 0 Å². The van der Waals surface area contributed by atoms with Gasteiger partial charge in [-0.3, -0.25) is 4.68 Å². The number of hydrogen-bond acceptors (Lipinski definition) is 2. The van der Waals surface area contributed by atoms with Gasteiger partial charge in [-0.2, -0.15) is 5.10 Å². The summed E-state index contributed by atoms with van der Waals surface area (Å²) in [5.41, 5.74) is 3.27. The lowest BCUT2D eigenvalue weighted by atomic mass is 9.75. The molecule has 1 aromatic carbocycles. The summed E-state index contributed by atoms with van der Waals surface area (Å²) in [5, 5.41) is 14.5. The van der Waals surface area contributed by atoms with E-state index in [0.717, 1.165) is 25.0 Å². The molecule has 0 amide bonds. The summed E-state index contributed by atoms with van der Waals surface area (Å²) >= 11 is 0. The van der Waals surface area contributed by atoms with Gasteiger partial charge in [0.1, 0.15) is 0 Å². The lowest BCUT2D eigenvalue weighted by molar-refractivity contribution is 0.184. The zero-order valence-corrected chi connectivity index (χ0v) is 12.6. The van der Waals surface area contributed by atoms with Crippen LogP contribution in [-0.2, 0) is 25.3 Å². The monoisotopic (exact) mass is 272 g/mol. The van der Waals surface area contributed by atoms with Gasteiger partial charge in [0.15, 0.2) is 0 Å². The molecule has 2 aromatic rings. The average Bonchev–Trinajstić information content (AvgIpc) is 2.86. The molecule has 0 aliphatic heterocycles. The molecule has 20 heavy (non-hydrogen) atoms. The summed E-state index contributed by atoms with van der Waals surface area (Å²) in [5.74, 6) is 0. The summed E-state index contributed by atoms with van der Waals surface area (Å²) in [6.45, 7) is 4.41. The van der Waals surface area contributed by atoms with Crippen molar-refractivity contribution in [3.63, 3.8) is 0 Å². The van der Waals surface area contributed by atoms with Crippen molar-refractivity contribution in [1.82, 2.24) is 9.78 Å². The molecule has 0 bridgehead atoms. The number of benzene rings is 1. The summed E-state index contributed by atoms with van der Waals surface area (Å²) in [6.07, 6.45) is 2.66. The maximum Gasteiger partial charge on any atom is 0.0624 e. The van der Waals surface area contributed by atoms with Crippen molar-refractivity contribution >= 4 is 0 Å². The Hall–Kier alpha value is -1.61. The van der Waals surface area contributed by atoms with E-state index in [-0.39, 0.29) is 12.0 Å².